The third-order valence-electron chi connectivity index (χ3n) is 2.52. The second kappa shape index (κ2) is 5.25. The molecule has 2 rings (SSSR count). The number of pyridine rings is 1. The summed E-state index contributed by atoms with van der Waals surface area (Å²) in [7, 11) is 0. The van der Waals surface area contributed by atoms with Crippen molar-refractivity contribution in [2.24, 2.45) is 0 Å². The van der Waals surface area contributed by atoms with E-state index in [0.717, 1.165) is 18.5 Å². The standard InChI is InChI=1S/C13H11ClF3NO/c1-2-3-8-6-11(14)10-5-4-9(7-12(10)18-8)19-13(15,16)17/h4-7H,2-3H2,1H3. The minimum Gasteiger partial charge on any atom is -0.406 e. The Labute approximate surface area is 113 Å². The number of nitrogens with zero attached hydrogens (tertiary/aromatic N) is 1. The molecule has 1 aromatic carbocycles. The molecule has 0 bridgehead atoms. The Morgan fingerprint density at radius 1 is 1.26 bits per heavy atom. The molecule has 1 aromatic heterocycles. The molecule has 102 valence electrons. The lowest BCUT2D eigenvalue weighted by molar-refractivity contribution is -0.274. The lowest BCUT2D eigenvalue weighted by Gasteiger charge is -2.10. The number of aromatic nitrogens is 1. The first kappa shape index (κ1) is 13.9. The van der Waals surface area contributed by atoms with Crippen LogP contribution in [0.2, 0.25) is 5.02 Å². The van der Waals surface area contributed by atoms with Crippen LogP contribution < -0.4 is 4.74 Å². The van der Waals surface area contributed by atoms with Gasteiger partial charge in [0, 0.05) is 17.1 Å². The van der Waals surface area contributed by atoms with Gasteiger partial charge in [0.1, 0.15) is 5.75 Å². The van der Waals surface area contributed by atoms with Crippen molar-refractivity contribution in [3.8, 4) is 5.75 Å². The van der Waals surface area contributed by atoms with Crippen LogP contribution >= 0.6 is 11.6 Å². The van der Waals surface area contributed by atoms with Crippen molar-refractivity contribution in [1.82, 2.24) is 4.98 Å². The molecule has 2 aromatic rings. The van der Waals surface area contributed by atoms with Crippen LogP contribution in [0.1, 0.15) is 19.0 Å². The Bertz CT molecular complexity index is 598. The van der Waals surface area contributed by atoms with Crippen LogP contribution in [-0.2, 0) is 6.42 Å². The minimum absolute atomic E-state index is 0.294. The van der Waals surface area contributed by atoms with Gasteiger partial charge in [-0.05, 0) is 24.6 Å². The predicted molar refractivity (Wildman–Crippen MR) is 67.4 cm³/mol. The molecule has 1 heterocycles. The van der Waals surface area contributed by atoms with Gasteiger partial charge < -0.3 is 4.74 Å². The summed E-state index contributed by atoms with van der Waals surface area (Å²) < 4.78 is 40.3. The smallest absolute Gasteiger partial charge is 0.406 e. The van der Waals surface area contributed by atoms with Crippen LogP contribution in [0.3, 0.4) is 0 Å². The summed E-state index contributed by atoms with van der Waals surface area (Å²) in [5.41, 5.74) is 1.15. The Morgan fingerprint density at radius 3 is 2.63 bits per heavy atom. The van der Waals surface area contributed by atoms with E-state index in [9.17, 15) is 13.2 Å². The van der Waals surface area contributed by atoms with Gasteiger partial charge in [-0.1, -0.05) is 24.9 Å². The van der Waals surface area contributed by atoms with Gasteiger partial charge in [0.05, 0.1) is 10.5 Å². The highest BCUT2D eigenvalue weighted by atomic mass is 35.5. The fraction of sp³-hybridized carbons (Fsp3) is 0.308. The third kappa shape index (κ3) is 3.50. The lowest BCUT2D eigenvalue weighted by Crippen LogP contribution is -2.17. The van der Waals surface area contributed by atoms with Crippen LogP contribution in [0, 0.1) is 0 Å². The fourth-order valence-corrected chi connectivity index (χ4v) is 2.08. The average molecular weight is 290 g/mol. The maximum atomic E-state index is 12.2. The van der Waals surface area contributed by atoms with Gasteiger partial charge in [0.25, 0.3) is 0 Å². The lowest BCUT2D eigenvalue weighted by atomic mass is 10.1. The molecule has 0 aliphatic heterocycles. The summed E-state index contributed by atoms with van der Waals surface area (Å²) in [6.07, 6.45) is -3.11. The number of rotatable bonds is 3. The molecule has 0 aliphatic rings. The first-order valence-corrected chi connectivity index (χ1v) is 6.12. The normalized spacial score (nSPS) is 11.8. The van der Waals surface area contributed by atoms with Gasteiger partial charge in [-0.3, -0.25) is 4.98 Å². The number of hydrogen-bond acceptors (Lipinski definition) is 2. The zero-order chi connectivity index (χ0) is 14.0. The van der Waals surface area contributed by atoms with E-state index in [0.29, 0.717) is 15.9 Å². The van der Waals surface area contributed by atoms with E-state index >= 15 is 0 Å². The van der Waals surface area contributed by atoms with E-state index in [1.165, 1.54) is 18.2 Å². The number of alkyl halides is 3. The van der Waals surface area contributed by atoms with Gasteiger partial charge in [-0.15, -0.1) is 13.2 Å². The molecule has 0 amide bonds. The first-order chi connectivity index (χ1) is 8.89. The molecule has 2 nitrogen and oxygen atoms in total. The number of aryl methyl sites for hydroxylation is 1. The molecule has 0 saturated heterocycles. The Hall–Kier alpha value is -1.49. The molecule has 0 N–H and O–H groups in total. The fourth-order valence-electron chi connectivity index (χ4n) is 1.80. The number of benzene rings is 1. The summed E-state index contributed by atoms with van der Waals surface area (Å²) in [4.78, 5) is 4.28. The number of halogens is 4. The monoisotopic (exact) mass is 289 g/mol. The maximum absolute atomic E-state index is 12.2. The minimum atomic E-state index is -4.71. The van der Waals surface area contributed by atoms with E-state index in [2.05, 4.69) is 9.72 Å². The predicted octanol–water partition coefficient (Wildman–Crippen LogP) is 4.74. The number of fused-ring (bicyclic) bond motifs is 1. The van der Waals surface area contributed by atoms with Crippen LogP contribution in [0.5, 0.6) is 5.75 Å². The highest BCUT2D eigenvalue weighted by Crippen LogP contribution is 2.29. The Balaban J connectivity index is 2.45. The molecule has 0 atom stereocenters. The van der Waals surface area contributed by atoms with E-state index < -0.39 is 6.36 Å². The summed E-state index contributed by atoms with van der Waals surface area (Å²) in [5.74, 6) is -0.294. The summed E-state index contributed by atoms with van der Waals surface area (Å²) in [6.45, 7) is 1.99. The van der Waals surface area contributed by atoms with Crippen molar-refractivity contribution < 1.29 is 17.9 Å². The van der Waals surface area contributed by atoms with Crippen LogP contribution in [0.15, 0.2) is 24.3 Å². The van der Waals surface area contributed by atoms with Crippen molar-refractivity contribution in [3.63, 3.8) is 0 Å². The molecule has 0 aliphatic carbocycles. The molecule has 0 saturated carbocycles. The van der Waals surface area contributed by atoms with Gasteiger partial charge in [-0.2, -0.15) is 0 Å². The summed E-state index contributed by atoms with van der Waals surface area (Å²) in [6, 6.07) is 5.68. The van der Waals surface area contributed by atoms with Crippen molar-refractivity contribution in [2.75, 3.05) is 0 Å². The van der Waals surface area contributed by atoms with E-state index in [4.69, 9.17) is 11.6 Å². The highest BCUT2D eigenvalue weighted by molar-refractivity contribution is 6.35. The maximum Gasteiger partial charge on any atom is 0.573 e. The van der Waals surface area contributed by atoms with Gasteiger partial charge in [0.2, 0.25) is 0 Å². The van der Waals surface area contributed by atoms with E-state index in [1.54, 1.807) is 6.07 Å². The summed E-state index contributed by atoms with van der Waals surface area (Å²) >= 11 is 6.08. The third-order valence-corrected chi connectivity index (χ3v) is 2.84. The average Bonchev–Trinajstić information content (AvgIpc) is 2.26. The Kier molecular flexibility index (Phi) is 3.85. The molecule has 0 unspecified atom stereocenters. The van der Waals surface area contributed by atoms with E-state index in [-0.39, 0.29) is 5.75 Å². The second-order valence-corrected chi connectivity index (χ2v) is 4.48. The molecule has 19 heavy (non-hydrogen) atoms. The van der Waals surface area contributed by atoms with Gasteiger partial charge >= 0.3 is 6.36 Å². The molecular weight excluding hydrogens is 279 g/mol. The second-order valence-electron chi connectivity index (χ2n) is 4.07. The Morgan fingerprint density at radius 2 is 2.00 bits per heavy atom. The summed E-state index contributed by atoms with van der Waals surface area (Å²) in [5, 5.41) is 1.09. The number of hydrogen-bond donors (Lipinski definition) is 0. The van der Waals surface area contributed by atoms with Crippen LogP contribution in [-0.4, -0.2) is 11.3 Å². The SMILES string of the molecule is CCCc1cc(Cl)c2ccc(OC(F)(F)F)cc2n1. The largest absolute Gasteiger partial charge is 0.573 e. The zero-order valence-corrected chi connectivity index (χ0v) is 10.8. The highest BCUT2D eigenvalue weighted by Gasteiger charge is 2.31. The van der Waals surface area contributed by atoms with Gasteiger partial charge in [-0.25, -0.2) is 0 Å². The van der Waals surface area contributed by atoms with Crippen molar-refractivity contribution in [3.05, 3.63) is 35.0 Å². The van der Waals surface area contributed by atoms with Crippen molar-refractivity contribution >= 4 is 22.5 Å². The van der Waals surface area contributed by atoms with Crippen LogP contribution in [0.25, 0.3) is 10.9 Å². The van der Waals surface area contributed by atoms with Crippen molar-refractivity contribution in [1.29, 1.82) is 0 Å². The topological polar surface area (TPSA) is 22.1 Å². The molecule has 6 heteroatoms. The van der Waals surface area contributed by atoms with Crippen molar-refractivity contribution in [2.45, 2.75) is 26.1 Å². The van der Waals surface area contributed by atoms with Crippen LogP contribution in [0.4, 0.5) is 13.2 Å². The molecule has 0 fully saturated rings. The first-order valence-electron chi connectivity index (χ1n) is 5.74. The molecule has 0 spiro atoms. The number of ether oxygens (including phenoxy) is 1. The molecular formula is C13H11ClF3NO. The van der Waals surface area contributed by atoms with E-state index in [1.807, 2.05) is 6.92 Å². The van der Waals surface area contributed by atoms with Gasteiger partial charge in [0.15, 0.2) is 0 Å². The zero-order valence-electron chi connectivity index (χ0n) is 10.1. The molecule has 0 radical (unpaired) electrons. The quantitative estimate of drug-likeness (QED) is 0.814.